The molecule has 11 heteroatoms. The number of hydrogen-bond acceptors (Lipinski definition) is 6. The van der Waals surface area contributed by atoms with E-state index in [1.807, 2.05) is 24.0 Å². The van der Waals surface area contributed by atoms with Crippen molar-refractivity contribution in [3.8, 4) is 11.4 Å². The Bertz CT molecular complexity index is 1580. The number of fused-ring (bicyclic) bond motifs is 1. The van der Waals surface area contributed by atoms with Crippen LogP contribution in [0.2, 0.25) is 5.02 Å². The Labute approximate surface area is 211 Å². The van der Waals surface area contributed by atoms with Gasteiger partial charge >= 0.3 is 11.7 Å². The summed E-state index contributed by atoms with van der Waals surface area (Å²) in [5.41, 5.74) is 0.450. The van der Waals surface area contributed by atoms with Gasteiger partial charge in [-0.3, -0.25) is 18.7 Å². The van der Waals surface area contributed by atoms with E-state index in [1.165, 1.54) is 0 Å². The van der Waals surface area contributed by atoms with Crippen molar-refractivity contribution in [3.63, 3.8) is 0 Å². The average Bonchev–Trinajstić information content (AvgIpc) is 3.28. The van der Waals surface area contributed by atoms with Gasteiger partial charge in [0.1, 0.15) is 6.54 Å². The Balaban J connectivity index is 1.96. The van der Waals surface area contributed by atoms with Crippen molar-refractivity contribution < 1.29 is 9.90 Å². The number of anilines is 1. The van der Waals surface area contributed by atoms with Gasteiger partial charge in [-0.1, -0.05) is 48.9 Å². The molecule has 1 fully saturated rings. The Hall–Kier alpha value is -3.89. The molecule has 0 atom stereocenters. The van der Waals surface area contributed by atoms with E-state index in [2.05, 4.69) is 5.32 Å². The molecule has 1 aliphatic heterocycles. The summed E-state index contributed by atoms with van der Waals surface area (Å²) in [7, 11) is 0. The van der Waals surface area contributed by atoms with E-state index in [0.29, 0.717) is 54.9 Å². The number of halogens is 1. The standard InChI is InChI=1S/C25H25ClN6O4/c1-2-16-7-3-5-9-18(16)32-23(35)21-22(30(25(32)36)15-20(33)34)28-24(29-13-11-27-12-14-29)31(21)19-10-6-4-8-17(19)26/h3-10,27H,2,11-15H2,1H3,(H,33,34). The van der Waals surface area contributed by atoms with Crippen molar-refractivity contribution in [1.82, 2.24) is 24.0 Å². The fourth-order valence-corrected chi connectivity index (χ4v) is 4.86. The van der Waals surface area contributed by atoms with Crippen LogP contribution in [0.4, 0.5) is 5.95 Å². The molecule has 0 aliphatic carbocycles. The number of hydrogen-bond donors (Lipinski definition) is 2. The maximum Gasteiger partial charge on any atom is 0.337 e. The van der Waals surface area contributed by atoms with Gasteiger partial charge < -0.3 is 15.3 Å². The third-order valence-corrected chi connectivity index (χ3v) is 6.64. The van der Waals surface area contributed by atoms with Crippen molar-refractivity contribution in [2.45, 2.75) is 19.9 Å². The highest BCUT2D eigenvalue weighted by molar-refractivity contribution is 6.32. The van der Waals surface area contributed by atoms with E-state index in [1.54, 1.807) is 41.0 Å². The number of carboxylic acids is 1. The molecule has 0 saturated carbocycles. The van der Waals surface area contributed by atoms with Crippen LogP contribution in [-0.2, 0) is 17.8 Å². The lowest BCUT2D eigenvalue weighted by Crippen LogP contribution is -2.44. The molecule has 2 N–H and O–H groups in total. The van der Waals surface area contributed by atoms with Crippen LogP contribution in [0.3, 0.4) is 0 Å². The number of aliphatic carboxylic acids is 1. The molecule has 0 unspecified atom stereocenters. The number of benzene rings is 2. The van der Waals surface area contributed by atoms with Crippen molar-refractivity contribution in [2.24, 2.45) is 0 Å². The molecule has 4 aromatic rings. The van der Waals surface area contributed by atoms with Crippen molar-refractivity contribution >= 4 is 34.7 Å². The van der Waals surface area contributed by atoms with Gasteiger partial charge in [0.05, 0.1) is 16.4 Å². The molecule has 2 aromatic heterocycles. The Morgan fingerprint density at radius 1 is 1.03 bits per heavy atom. The second kappa shape index (κ2) is 9.63. The van der Waals surface area contributed by atoms with Crippen LogP contribution >= 0.6 is 11.6 Å². The van der Waals surface area contributed by atoms with Crippen LogP contribution in [0.1, 0.15) is 12.5 Å². The lowest BCUT2D eigenvalue weighted by atomic mass is 10.1. The van der Waals surface area contributed by atoms with Gasteiger partial charge in [-0.25, -0.2) is 9.36 Å². The van der Waals surface area contributed by atoms with E-state index in [4.69, 9.17) is 16.6 Å². The number of aromatic nitrogens is 4. The SMILES string of the molecule is CCc1ccccc1-n1c(=O)c2c(nc(N3CCNCC3)n2-c2ccccc2Cl)n(CC(=O)O)c1=O. The lowest BCUT2D eigenvalue weighted by Gasteiger charge is -2.28. The number of carbonyl (C=O) groups is 1. The third-order valence-electron chi connectivity index (χ3n) is 6.32. The number of nitrogens with one attached hydrogen (secondary N) is 1. The number of piperazine rings is 1. The molecule has 10 nitrogen and oxygen atoms in total. The Kier molecular flexibility index (Phi) is 6.38. The average molecular weight is 509 g/mol. The number of nitrogens with zero attached hydrogens (tertiary/aromatic N) is 5. The van der Waals surface area contributed by atoms with E-state index in [0.717, 1.165) is 14.7 Å². The summed E-state index contributed by atoms with van der Waals surface area (Å²) < 4.78 is 3.74. The fourth-order valence-electron chi connectivity index (χ4n) is 4.64. The second-order valence-electron chi connectivity index (χ2n) is 8.49. The maximum absolute atomic E-state index is 14.1. The van der Waals surface area contributed by atoms with E-state index >= 15 is 0 Å². The molecule has 0 radical (unpaired) electrons. The number of rotatable bonds is 6. The van der Waals surface area contributed by atoms with Gasteiger partial charge in [-0.2, -0.15) is 4.98 Å². The highest BCUT2D eigenvalue weighted by Crippen LogP contribution is 2.30. The minimum atomic E-state index is -1.22. The number of carboxylic acid groups (broad SMARTS) is 1. The topological polar surface area (TPSA) is 114 Å². The van der Waals surface area contributed by atoms with Crippen LogP contribution in [0.25, 0.3) is 22.5 Å². The minimum Gasteiger partial charge on any atom is -0.480 e. The summed E-state index contributed by atoms with van der Waals surface area (Å²) in [5.74, 6) is -0.792. The molecule has 0 bridgehead atoms. The number of aryl methyl sites for hydroxylation is 1. The monoisotopic (exact) mass is 508 g/mol. The molecule has 3 heterocycles. The smallest absolute Gasteiger partial charge is 0.337 e. The number of para-hydroxylation sites is 2. The molecule has 2 aromatic carbocycles. The van der Waals surface area contributed by atoms with Crippen molar-refractivity contribution in [3.05, 3.63) is 80.0 Å². The van der Waals surface area contributed by atoms with Gasteiger partial charge in [0, 0.05) is 26.2 Å². The Morgan fingerprint density at radius 3 is 2.36 bits per heavy atom. The molecular weight excluding hydrogens is 484 g/mol. The van der Waals surface area contributed by atoms with Crippen molar-refractivity contribution in [2.75, 3.05) is 31.1 Å². The predicted octanol–water partition coefficient (Wildman–Crippen LogP) is 2.05. The third kappa shape index (κ3) is 3.98. The first-order valence-corrected chi connectivity index (χ1v) is 12.1. The van der Waals surface area contributed by atoms with Crippen LogP contribution in [-0.4, -0.2) is 55.9 Å². The van der Waals surface area contributed by atoms with Crippen molar-refractivity contribution in [1.29, 1.82) is 0 Å². The van der Waals surface area contributed by atoms with E-state index in [9.17, 15) is 19.5 Å². The first-order valence-electron chi connectivity index (χ1n) is 11.7. The number of imidazole rings is 1. The fraction of sp³-hybridized carbons (Fsp3) is 0.280. The molecule has 0 spiro atoms. The van der Waals surface area contributed by atoms with Crippen LogP contribution in [0.15, 0.2) is 58.1 Å². The molecule has 5 rings (SSSR count). The molecule has 0 amide bonds. The molecule has 1 saturated heterocycles. The van der Waals surface area contributed by atoms with Gasteiger partial charge in [-0.15, -0.1) is 0 Å². The normalized spacial score (nSPS) is 13.9. The summed E-state index contributed by atoms with van der Waals surface area (Å²) in [4.78, 5) is 46.3. The zero-order chi connectivity index (χ0) is 25.4. The predicted molar refractivity (Wildman–Crippen MR) is 138 cm³/mol. The highest BCUT2D eigenvalue weighted by atomic mass is 35.5. The van der Waals surface area contributed by atoms with Crippen LogP contribution in [0, 0.1) is 0 Å². The lowest BCUT2D eigenvalue weighted by molar-refractivity contribution is -0.137. The maximum atomic E-state index is 14.1. The Morgan fingerprint density at radius 2 is 1.69 bits per heavy atom. The quantitative estimate of drug-likeness (QED) is 0.409. The molecule has 1 aliphatic rings. The van der Waals surface area contributed by atoms with E-state index in [-0.39, 0.29) is 11.2 Å². The van der Waals surface area contributed by atoms with Crippen LogP contribution < -0.4 is 21.5 Å². The zero-order valence-electron chi connectivity index (χ0n) is 19.6. The summed E-state index contributed by atoms with van der Waals surface area (Å²) in [5, 5.41) is 13.3. The zero-order valence-corrected chi connectivity index (χ0v) is 20.4. The van der Waals surface area contributed by atoms with Crippen LogP contribution in [0.5, 0.6) is 0 Å². The first kappa shape index (κ1) is 23.8. The molecular formula is C25H25ClN6O4. The summed E-state index contributed by atoms with van der Waals surface area (Å²) in [6.07, 6.45) is 0.578. The molecule has 186 valence electrons. The highest BCUT2D eigenvalue weighted by Gasteiger charge is 2.28. The van der Waals surface area contributed by atoms with Gasteiger partial charge in [0.15, 0.2) is 11.2 Å². The van der Waals surface area contributed by atoms with Gasteiger partial charge in [0.25, 0.3) is 5.56 Å². The largest absolute Gasteiger partial charge is 0.480 e. The van der Waals surface area contributed by atoms with Gasteiger partial charge in [-0.05, 0) is 30.2 Å². The second-order valence-corrected chi connectivity index (χ2v) is 8.90. The van der Waals surface area contributed by atoms with E-state index < -0.39 is 23.8 Å². The summed E-state index contributed by atoms with van der Waals surface area (Å²) in [6, 6.07) is 14.2. The first-order chi connectivity index (χ1) is 17.4. The summed E-state index contributed by atoms with van der Waals surface area (Å²) in [6.45, 7) is 3.93. The summed E-state index contributed by atoms with van der Waals surface area (Å²) >= 11 is 6.59. The van der Waals surface area contributed by atoms with Gasteiger partial charge in [0.2, 0.25) is 5.95 Å². The minimum absolute atomic E-state index is 0.00563. The molecule has 36 heavy (non-hydrogen) atoms.